The van der Waals surface area contributed by atoms with E-state index in [1.54, 1.807) is 0 Å². The van der Waals surface area contributed by atoms with Crippen LogP contribution in [0.5, 0.6) is 0 Å². The molecule has 1 N–H and O–H groups in total. The molecule has 28 heavy (non-hydrogen) atoms. The van der Waals surface area contributed by atoms with E-state index in [9.17, 15) is 5.11 Å². The molecule has 0 radical (unpaired) electrons. The Bertz CT molecular complexity index is 609. The molecule has 2 unspecified atom stereocenters. The van der Waals surface area contributed by atoms with E-state index >= 15 is 0 Å². The van der Waals surface area contributed by atoms with Crippen LogP contribution in [0.4, 0.5) is 0 Å². The predicted octanol–water partition coefficient (Wildman–Crippen LogP) is 5.10. The van der Waals surface area contributed by atoms with Gasteiger partial charge in [0.25, 0.3) is 0 Å². The fourth-order valence-electron chi connectivity index (χ4n) is 2.79. The Kier molecular flexibility index (Phi) is 9.61. The Morgan fingerprint density at radius 1 is 1.14 bits per heavy atom. The largest absolute Gasteiger partial charge is 0.390 e. The molecule has 1 heterocycles. The third kappa shape index (κ3) is 9.30. The number of rotatable bonds is 13. The van der Waals surface area contributed by atoms with Crippen LogP contribution in [0.15, 0.2) is 54.6 Å². The first-order valence-corrected chi connectivity index (χ1v) is 14.0. The maximum absolute atomic E-state index is 10.2. The number of benzene rings is 1. The lowest BCUT2D eigenvalue weighted by atomic mass is 10.0. The second-order valence-electron chi connectivity index (χ2n) is 8.58. The molecule has 1 aromatic carbocycles. The summed E-state index contributed by atoms with van der Waals surface area (Å²) in [7, 11) is -1.03. The summed E-state index contributed by atoms with van der Waals surface area (Å²) in [5.74, 6) is 0. The maximum atomic E-state index is 10.2. The zero-order chi connectivity index (χ0) is 20.4. The van der Waals surface area contributed by atoms with Gasteiger partial charge in [-0.1, -0.05) is 74.3 Å². The molecule has 1 aliphatic heterocycles. The Labute approximate surface area is 171 Å². The zero-order valence-corrected chi connectivity index (χ0v) is 18.7. The fraction of sp³-hybridized carbons (Fsp3) is 0.565. The Hall–Kier alpha value is -1.24. The lowest BCUT2D eigenvalue weighted by Gasteiger charge is -2.16. The van der Waals surface area contributed by atoms with Crippen molar-refractivity contribution in [1.82, 2.24) is 0 Å². The smallest absolute Gasteiger partial charge is 0.147 e. The topological polar surface area (TPSA) is 51.2 Å². The van der Waals surface area contributed by atoms with Gasteiger partial charge in [0.15, 0.2) is 0 Å². The summed E-state index contributed by atoms with van der Waals surface area (Å²) in [5, 5.41) is 10.2. The van der Waals surface area contributed by atoms with Crippen molar-refractivity contribution in [3.63, 3.8) is 0 Å². The number of allylic oxidation sites excluding steroid dienone is 2. The van der Waals surface area contributed by atoms with Crippen LogP contribution in [-0.2, 0) is 14.2 Å². The van der Waals surface area contributed by atoms with Crippen LogP contribution in [0.1, 0.15) is 31.4 Å². The number of hydrogen-bond acceptors (Lipinski definition) is 4. The monoisotopic (exact) mass is 404 g/mol. The van der Waals surface area contributed by atoms with E-state index in [1.807, 2.05) is 49.4 Å². The van der Waals surface area contributed by atoms with Gasteiger partial charge in [0, 0.05) is 14.7 Å². The molecule has 0 bridgehead atoms. The molecule has 1 aliphatic rings. The molecule has 1 fully saturated rings. The van der Waals surface area contributed by atoms with Crippen LogP contribution < -0.4 is 0 Å². The first-order chi connectivity index (χ1) is 13.4. The van der Waals surface area contributed by atoms with Gasteiger partial charge in [-0.15, -0.1) is 0 Å². The summed E-state index contributed by atoms with van der Waals surface area (Å²) < 4.78 is 16.8. The molecule has 1 aromatic rings. The molecule has 0 aliphatic carbocycles. The van der Waals surface area contributed by atoms with Gasteiger partial charge in [0.1, 0.15) is 19.0 Å². The molecule has 4 nitrogen and oxygen atoms in total. The van der Waals surface area contributed by atoms with Crippen LogP contribution in [0, 0.1) is 0 Å². The van der Waals surface area contributed by atoms with Crippen molar-refractivity contribution in [3.8, 4) is 0 Å². The third-order valence-electron chi connectivity index (χ3n) is 4.67. The highest BCUT2D eigenvalue weighted by Gasteiger charge is 2.44. The summed E-state index contributed by atoms with van der Waals surface area (Å²) in [5.41, 5.74) is 1.14. The van der Waals surface area contributed by atoms with Crippen LogP contribution in [0.2, 0.25) is 25.7 Å². The van der Waals surface area contributed by atoms with E-state index in [0.717, 1.165) is 24.6 Å². The SMILES string of the molecule is C[C@H](/C=C\C/C=C/C[C@@H](O)C1OC1c1ccccc1)OCOCC[Si](C)(C)C. The molecule has 0 spiro atoms. The lowest BCUT2D eigenvalue weighted by molar-refractivity contribution is -0.0665. The fourth-order valence-corrected chi connectivity index (χ4v) is 3.55. The average molecular weight is 405 g/mol. The second kappa shape index (κ2) is 11.7. The van der Waals surface area contributed by atoms with E-state index in [4.69, 9.17) is 14.2 Å². The van der Waals surface area contributed by atoms with Crippen LogP contribution in [0.3, 0.4) is 0 Å². The van der Waals surface area contributed by atoms with Crippen LogP contribution in [0.25, 0.3) is 0 Å². The Morgan fingerprint density at radius 3 is 2.61 bits per heavy atom. The van der Waals surface area contributed by atoms with Gasteiger partial charge in [-0.25, -0.2) is 0 Å². The quantitative estimate of drug-likeness (QED) is 0.163. The number of epoxide rings is 1. The maximum Gasteiger partial charge on any atom is 0.147 e. The van der Waals surface area contributed by atoms with E-state index in [0.29, 0.717) is 13.2 Å². The molecular weight excluding hydrogens is 368 g/mol. The summed E-state index contributed by atoms with van der Waals surface area (Å²) in [6.45, 7) is 10.2. The van der Waals surface area contributed by atoms with E-state index in [-0.39, 0.29) is 18.3 Å². The molecule has 0 aromatic heterocycles. The highest BCUT2D eigenvalue weighted by molar-refractivity contribution is 6.76. The van der Waals surface area contributed by atoms with Crippen molar-refractivity contribution in [3.05, 3.63) is 60.2 Å². The standard InChI is InChI=1S/C23H36O4Si/c1-19(26-18-25-16-17-28(2,3)4)12-8-5-6-11-15-21(24)23-22(27-23)20-13-9-7-10-14-20/h6-14,19,21-24H,5,15-18H2,1-4H3/b11-6+,12-8-/t19-,21-,22?,23?/m1/s1. The average Bonchev–Trinajstić information content (AvgIpc) is 3.45. The van der Waals surface area contributed by atoms with Gasteiger partial charge in [0.2, 0.25) is 0 Å². The number of hydrogen-bond donors (Lipinski definition) is 1. The molecule has 4 atom stereocenters. The van der Waals surface area contributed by atoms with Gasteiger partial charge in [-0.2, -0.15) is 0 Å². The molecule has 156 valence electrons. The first kappa shape index (κ1) is 23.0. The van der Waals surface area contributed by atoms with E-state index < -0.39 is 14.2 Å². The van der Waals surface area contributed by atoms with Crippen molar-refractivity contribution < 1.29 is 19.3 Å². The van der Waals surface area contributed by atoms with Gasteiger partial charge >= 0.3 is 0 Å². The Morgan fingerprint density at radius 2 is 1.89 bits per heavy atom. The van der Waals surface area contributed by atoms with Crippen molar-refractivity contribution in [2.45, 2.75) is 69.9 Å². The zero-order valence-electron chi connectivity index (χ0n) is 17.7. The molecular formula is C23H36O4Si. The van der Waals surface area contributed by atoms with Gasteiger partial charge in [0.05, 0.1) is 12.2 Å². The number of aliphatic hydroxyl groups excluding tert-OH is 1. The van der Waals surface area contributed by atoms with Crippen molar-refractivity contribution >= 4 is 8.07 Å². The molecule has 0 saturated carbocycles. The lowest BCUT2D eigenvalue weighted by Crippen LogP contribution is -2.22. The second-order valence-corrected chi connectivity index (χ2v) is 14.2. The normalized spacial score (nSPS) is 22.0. The molecule has 2 rings (SSSR count). The molecule has 1 saturated heterocycles. The number of ether oxygens (including phenoxy) is 3. The van der Waals surface area contributed by atoms with Gasteiger partial charge in [-0.05, 0) is 31.4 Å². The molecule has 0 amide bonds. The van der Waals surface area contributed by atoms with Gasteiger partial charge < -0.3 is 19.3 Å². The van der Waals surface area contributed by atoms with Crippen LogP contribution in [-0.4, -0.2) is 44.9 Å². The summed E-state index contributed by atoms with van der Waals surface area (Å²) in [6.07, 6.45) is 9.17. The highest BCUT2D eigenvalue weighted by Crippen LogP contribution is 2.41. The highest BCUT2D eigenvalue weighted by atomic mass is 28.3. The van der Waals surface area contributed by atoms with Crippen molar-refractivity contribution in [1.29, 1.82) is 0 Å². The summed E-state index contributed by atoms with van der Waals surface area (Å²) in [4.78, 5) is 0. The molecule has 5 heteroatoms. The minimum Gasteiger partial charge on any atom is -0.390 e. The van der Waals surface area contributed by atoms with Crippen LogP contribution >= 0.6 is 0 Å². The van der Waals surface area contributed by atoms with Gasteiger partial charge in [-0.3, -0.25) is 0 Å². The third-order valence-corrected chi connectivity index (χ3v) is 6.37. The van der Waals surface area contributed by atoms with E-state index in [2.05, 4.69) is 31.8 Å². The minimum atomic E-state index is -1.03. The predicted molar refractivity (Wildman–Crippen MR) is 117 cm³/mol. The Balaban J connectivity index is 1.52. The summed E-state index contributed by atoms with van der Waals surface area (Å²) >= 11 is 0. The summed E-state index contributed by atoms with van der Waals surface area (Å²) in [6, 6.07) is 11.2. The van der Waals surface area contributed by atoms with Crippen molar-refractivity contribution in [2.24, 2.45) is 0 Å². The first-order valence-electron chi connectivity index (χ1n) is 10.3. The number of aliphatic hydroxyl groups is 1. The van der Waals surface area contributed by atoms with Crippen molar-refractivity contribution in [2.75, 3.05) is 13.4 Å². The van der Waals surface area contributed by atoms with E-state index in [1.165, 1.54) is 0 Å². The minimum absolute atomic E-state index is 0.0375.